The predicted molar refractivity (Wildman–Crippen MR) is 119 cm³/mol. The van der Waals surface area contributed by atoms with E-state index in [-0.39, 0.29) is 48.2 Å². The van der Waals surface area contributed by atoms with E-state index in [2.05, 4.69) is 5.32 Å². The van der Waals surface area contributed by atoms with E-state index in [1.165, 1.54) is 6.92 Å². The molecule has 3 atom stereocenters. The molecule has 2 bridgehead atoms. The molecule has 0 spiro atoms. The van der Waals surface area contributed by atoms with Gasteiger partial charge in [-0.2, -0.15) is 0 Å². The Kier molecular flexibility index (Phi) is 6.60. The average molecular weight is 474 g/mol. The highest BCUT2D eigenvalue weighted by Gasteiger charge is 2.47. The van der Waals surface area contributed by atoms with Crippen LogP contribution < -0.4 is 11.1 Å². The number of Topliss-reactive ketones (excluding diaryl/α,β-unsaturated/α-hetero) is 1. The van der Waals surface area contributed by atoms with Gasteiger partial charge in [0.25, 0.3) is 0 Å². The van der Waals surface area contributed by atoms with Crippen molar-refractivity contribution in [3.05, 3.63) is 65.0 Å². The second-order valence-electron chi connectivity index (χ2n) is 8.84. The SMILES string of the molecule is CC(=O)c1cccc(NC(=O)N2C[C@@H]3C[C@@H]2CN3C(=O)C[C@H](N)Cc2cc(F)c(F)cc2F)c1. The third kappa shape index (κ3) is 4.91. The zero-order valence-corrected chi connectivity index (χ0v) is 18.6. The average Bonchev–Trinajstić information content (AvgIpc) is 3.39. The first-order chi connectivity index (χ1) is 16.1. The van der Waals surface area contributed by atoms with Crippen molar-refractivity contribution in [1.82, 2.24) is 9.80 Å². The molecule has 2 aromatic rings. The first-order valence-electron chi connectivity index (χ1n) is 11.0. The second kappa shape index (κ2) is 9.46. The Hall–Kier alpha value is -3.40. The van der Waals surface area contributed by atoms with Gasteiger partial charge < -0.3 is 20.9 Å². The minimum atomic E-state index is -1.28. The smallest absolute Gasteiger partial charge is 0.322 e. The first-order valence-corrected chi connectivity index (χ1v) is 11.0. The molecule has 4 rings (SSSR count). The van der Waals surface area contributed by atoms with Crippen LogP contribution in [-0.2, 0) is 11.2 Å². The number of carbonyl (C=O) groups is 3. The highest BCUT2D eigenvalue weighted by atomic mass is 19.2. The Labute approximate surface area is 194 Å². The van der Waals surface area contributed by atoms with Gasteiger partial charge in [0, 0.05) is 42.9 Å². The fourth-order valence-corrected chi connectivity index (χ4v) is 4.65. The molecule has 0 aliphatic carbocycles. The summed E-state index contributed by atoms with van der Waals surface area (Å²) in [6, 6.07) is 6.54. The van der Waals surface area contributed by atoms with Crippen LogP contribution in [0.3, 0.4) is 0 Å². The highest BCUT2D eigenvalue weighted by molar-refractivity contribution is 5.97. The Morgan fingerprint density at radius 2 is 1.71 bits per heavy atom. The van der Waals surface area contributed by atoms with Crippen molar-refractivity contribution in [3.63, 3.8) is 0 Å². The van der Waals surface area contributed by atoms with Gasteiger partial charge in [-0.1, -0.05) is 12.1 Å². The lowest BCUT2D eigenvalue weighted by molar-refractivity contribution is -0.133. The lowest BCUT2D eigenvalue weighted by Gasteiger charge is -2.34. The van der Waals surface area contributed by atoms with E-state index in [4.69, 9.17) is 5.73 Å². The summed E-state index contributed by atoms with van der Waals surface area (Å²) >= 11 is 0. The number of nitrogens with zero attached hydrogens (tertiary/aromatic N) is 2. The predicted octanol–water partition coefficient (Wildman–Crippen LogP) is 3.08. The molecule has 2 aliphatic heterocycles. The fourth-order valence-electron chi connectivity index (χ4n) is 4.65. The largest absolute Gasteiger partial charge is 0.336 e. The van der Waals surface area contributed by atoms with E-state index in [1.807, 2.05) is 0 Å². The van der Waals surface area contributed by atoms with E-state index >= 15 is 0 Å². The number of piperazine rings is 1. The molecule has 2 fully saturated rings. The summed E-state index contributed by atoms with van der Waals surface area (Å²) in [7, 11) is 0. The molecule has 3 amide bonds. The van der Waals surface area contributed by atoms with Crippen LogP contribution in [-0.4, -0.2) is 58.7 Å². The lowest BCUT2D eigenvalue weighted by atomic mass is 10.0. The van der Waals surface area contributed by atoms with Crippen molar-refractivity contribution in [1.29, 1.82) is 0 Å². The number of nitrogens with one attached hydrogen (secondary N) is 1. The molecule has 3 N–H and O–H groups in total. The molecule has 7 nitrogen and oxygen atoms in total. The van der Waals surface area contributed by atoms with Crippen LogP contribution in [0.25, 0.3) is 0 Å². The number of rotatable bonds is 6. The maximum Gasteiger partial charge on any atom is 0.322 e. The Morgan fingerprint density at radius 3 is 2.38 bits per heavy atom. The van der Waals surface area contributed by atoms with Crippen LogP contribution in [0.1, 0.15) is 35.7 Å². The van der Waals surface area contributed by atoms with Gasteiger partial charge >= 0.3 is 6.03 Å². The molecular formula is C24H25F3N4O3. The van der Waals surface area contributed by atoms with Crippen LogP contribution in [0.2, 0.25) is 0 Å². The van der Waals surface area contributed by atoms with E-state index < -0.39 is 23.5 Å². The quantitative estimate of drug-likeness (QED) is 0.497. The van der Waals surface area contributed by atoms with Gasteiger partial charge in [0.1, 0.15) is 5.82 Å². The number of urea groups is 1. The second-order valence-corrected chi connectivity index (χ2v) is 8.84. The standard InChI is InChI=1S/C24H25F3N4O3/c1-13(32)14-3-2-4-17(6-14)29-24(34)31-12-18-9-19(31)11-30(18)23(33)8-16(28)5-15-7-21(26)22(27)10-20(15)25/h2-4,6-7,10,16,18-19H,5,8-9,11-12,28H2,1H3,(H,29,34)/t16-,18+,19-/m1/s1. The van der Waals surface area contributed by atoms with Gasteiger partial charge in [0.15, 0.2) is 17.4 Å². The van der Waals surface area contributed by atoms with Gasteiger partial charge in [-0.25, -0.2) is 18.0 Å². The maximum atomic E-state index is 13.9. The molecule has 0 aromatic heterocycles. The molecule has 2 aliphatic rings. The first kappa shape index (κ1) is 23.7. The van der Waals surface area contributed by atoms with Crippen LogP contribution in [0.15, 0.2) is 36.4 Å². The summed E-state index contributed by atoms with van der Waals surface area (Å²) in [6.45, 7) is 2.17. The van der Waals surface area contributed by atoms with Gasteiger partial charge in [0.05, 0.1) is 12.1 Å². The minimum Gasteiger partial charge on any atom is -0.336 e. The molecular weight excluding hydrogens is 449 g/mol. The summed E-state index contributed by atoms with van der Waals surface area (Å²) in [5.41, 5.74) is 6.93. The number of anilines is 1. The van der Waals surface area contributed by atoms with Gasteiger partial charge in [0.2, 0.25) is 5.91 Å². The Balaban J connectivity index is 1.31. The Bertz CT molecular complexity index is 1140. The van der Waals surface area contributed by atoms with Crippen molar-refractivity contribution >= 4 is 23.4 Å². The van der Waals surface area contributed by atoms with Crippen molar-refractivity contribution < 1.29 is 27.6 Å². The van der Waals surface area contributed by atoms with Gasteiger partial charge in [-0.3, -0.25) is 9.59 Å². The van der Waals surface area contributed by atoms with Gasteiger partial charge in [-0.05, 0) is 43.5 Å². The van der Waals surface area contributed by atoms with E-state index in [1.54, 1.807) is 34.1 Å². The Morgan fingerprint density at radius 1 is 1.03 bits per heavy atom. The summed E-state index contributed by atoms with van der Waals surface area (Å²) in [5.74, 6) is -3.68. The molecule has 0 saturated carbocycles. The van der Waals surface area contributed by atoms with Crippen LogP contribution in [0.4, 0.5) is 23.7 Å². The minimum absolute atomic E-state index is 0.0777. The third-order valence-electron chi connectivity index (χ3n) is 6.35. The van der Waals surface area contributed by atoms with Crippen molar-refractivity contribution in [2.45, 2.75) is 44.3 Å². The zero-order chi connectivity index (χ0) is 24.6. The summed E-state index contributed by atoms with van der Waals surface area (Å²) in [4.78, 5) is 40.4. The van der Waals surface area contributed by atoms with Crippen LogP contribution in [0.5, 0.6) is 0 Å². The van der Waals surface area contributed by atoms with Crippen molar-refractivity contribution in [2.24, 2.45) is 5.73 Å². The maximum absolute atomic E-state index is 13.9. The molecule has 10 heteroatoms. The van der Waals surface area contributed by atoms with E-state index in [0.29, 0.717) is 36.8 Å². The van der Waals surface area contributed by atoms with Gasteiger partial charge in [-0.15, -0.1) is 0 Å². The fraction of sp³-hybridized carbons (Fsp3) is 0.375. The highest BCUT2D eigenvalue weighted by Crippen LogP contribution is 2.32. The summed E-state index contributed by atoms with van der Waals surface area (Å²) < 4.78 is 40.4. The number of benzene rings is 2. The topological polar surface area (TPSA) is 95.7 Å². The third-order valence-corrected chi connectivity index (χ3v) is 6.35. The molecule has 0 radical (unpaired) electrons. The molecule has 2 heterocycles. The number of hydrogen-bond acceptors (Lipinski definition) is 4. The molecule has 180 valence electrons. The molecule has 2 aromatic carbocycles. The van der Waals surface area contributed by atoms with E-state index in [0.717, 1.165) is 6.07 Å². The number of amides is 3. The number of hydrogen-bond donors (Lipinski definition) is 2. The lowest BCUT2D eigenvalue weighted by Crippen LogP contribution is -2.52. The van der Waals surface area contributed by atoms with Crippen molar-refractivity contribution in [2.75, 3.05) is 18.4 Å². The number of nitrogens with two attached hydrogens (primary N) is 1. The number of ketones is 1. The number of likely N-dealkylation sites (tertiary alicyclic amines) is 2. The summed E-state index contributed by atoms with van der Waals surface area (Å²) in [6.07, 6.45) is 0.454. The van der Waals surface area contributed by atoms with Crippen LogP contribution in [0, 0.1) is 17.5 Å². The number of carbonyl (C=O) groups excluding carboxylic acids is 3. The molecule has 0 unspecified atom stereocenters. The van der Waals surface area contributed by atoms with E-state index in [9.17, 15) is 27.6 Å². The van der Waals surface area contributed by atoms with Crippen LogP contribution >= 0.6 is 0 Å². The summed E-state index contributed by atoms with van der Waals surface area (Å²) in [5, 5.41) is 2.80. The zero-order valence-electron chi connectivity index (χ0n) is 18.6. The normalized spacial score (nSPS) is 19.9. The number of fused-ring (bicyclic) bond motifs is 2. The number of halogens is 3. The monoisotopic (exact) mass is 474 g/mol. The molecule has 34 heavy (non-hydrogen) atoms. The van der Waals surface area contributed by atoms with Crippen molar-refractivity contribution in [3.8, 4) is 0 Å². The molecule has 2 saturated heterocycles.